The van der Waals surface area contributed by atoms with Gasteiger partial charge in [0.25, 0.3) is 0 Å². The summed E-state index contributed by atoms with van der Waals surface area (Å²) in [6.45, 7) is 3.86. The highest BCUT2D eigenvalue weighted by molar-refractivity contribution is 5.03. The third-order valence-electron chi connectivity index (χ3n) is 2.91. The van der Waals surface area contributed by atoms with Crippen LogP contribution in [0.1, 0.15) is 57.1 Å². The number of rotatable bonds is 9. The number of hydrogen-bond donors (Lipinski definition) is 0. The van der Waals surface area contributed by atoms with Crippen LogP contribution in [-0.4, -0.2) is 4.98 Å². The Morgan fingerprint density at radius 1 is 0.875 bits per heavy atom. The topological polar surface area (TPSA) is 12.9 Å². The smallest absolute Gasteiger partial charge is 0.0403 e. The second kappa shape index (κ2) is 9.38. The number of unbranched alkanes of at least 4 members (excludes halogenated alkanes) is 7. The Bertz CT molecular complexity index is 243. The Morgan fingerprint density at radius 3 is 2.19 bits per heavy atom. The van der Waals surface area contributed by atoms with Crippen LogP contribution in [0.2, 0.25) is 0 Å². The third-order valence-corrected chi connectivity index (χ3v) is 2.91. The summed E-state index contributed by atoms with van der Waals surface area (Å²) in [5.41, 5.74) is 1.24. The number of aryl methyl sites for hydroxylation is 1. The molecule has 1 aromatic heterocycles. The van der Waals surface area contributed by atoms with E-state index in [1.165, 1.54) is 50.6 Å². The molecular weight excluding hydrogens is 194 g/mol. The highest BCUT2D eigenvalue weighted by Crippen LogP contribution is 2.10. The van der Waals surface area contributed by atoms with Crippen molar-refractivity contribution in [1.29, 1.82) is 0 Å². The zero-order valence-corrected chi connectivity index (χ0v) is 10.3. The van der Waals surface area contributed by atoms with Gasteiger partial charge in [-0.05, 0) is 25.0 Å². The average molecular weight is 218 g/mol. The van der Waals surface area contributed by atoms with Crippen molar-refractivity contribution < 1.29 is 0 Å². The van der Waals surface area contributed by atoms with E-state index in [0.717, 1.165) is 12.8 Å². The van der Waals surface area contributed by atoms with Crippen LogP contribution in [0.5, 0.6) is 0 Å². The fourth-order valence-electron chi connectivity index (χ4n) is 1.91. The van der Waals surface area contributed by atoms with Gasteiger partial charge in [0.1, 0.15) is 0 Å². The van der Waals surface area contributed by atoms with Gasteiger partial charge in [-0.15, -0.1) is 0 Å². The summed E-state index contributed by atoms with van der Waals surface area (Å²) < 4.78 is 0. The third kappa shape index (κ3) is 6.60. The average Bonchev–Trinajstić information content (AvgIpc) is 2.34. The van der Waals surface area contributed by atoms with E-state index in [-0.39, 0.29) is 0 Å². The first-order valence-electron chi connectivity index (χ1n) is 6.62. The van der Waals surface area contributed by atoms with Crippen molar-refractivity contribution >= 4 is 0 Å². The summed E-state index contributed by atoms with van der Waals surface area (Å²) in [5.74, 6) is 0. The first-order valence-corrected chi connectivity index (χ1v) is 6.62. The Labute approximate surface area is 100 Å². The highest BCUT2D eigenvalue weighted by atomic mass is 14.7. The van der Waals surface area contributed by atoms with Crippen molar-refractivity contribution in [3.05, 3.63) is 37.0 Å². The fourth-order valence-corrected chi connectivity index (χ4v) is 1.91. The summed E-state index contributed by atoms with van der Waals surface area (Å²) in [7, 11) is 0. The molecule has 89 valence electrons. The lowest BCUT2D eigenvalue weighted by molar-refractivity contribution is 0.579. The normalized spacial score (nSPS) is 10.6. The molecule has 0 bridgehead atoms. The van der Waals surface area contributed by atoms with Crippen LogP contribution in [0, 0.1) is 6.92 Å². The monoisotopic (exact) mass is 218 g/mol. The Hall–Kier alpha value is -0.850. The molecule has 0 fully saturated rings. The molecule has 1 rings (SSSR count). The van der Waals surface area contributed by atoms with Crippen molar-refractivity contribution in [2.75, 3.05) is 0 Å². The van der Waals surface area contributed by atoms with Crippen molar-refractivity contribution in [3.8, 4) is 0 Å². The molecule has 1 aromatic rings. The first kappa shape index (κ1) is 13.2. The zero-order valence-electron chi connectivity index (χ0n) is 10.3. The molecule has 1 nitrogen and oxygen atoms in total. The van der Waals surface area contributed by atoms with Crippen LogP contribution in [0.25, 0.3) is 0 Å². The van der Waals surface area contributed by atoms with E-state index in [1.807, 2.05) is 12.3 Å². The van der Waals surface area contributed by atoms with E-state index in [2.05, 4.69) is 24.0 Å². The lowest BCUT2D eigenvalue weighted by Gasteiger charge is -2.01. The molecule has 0 aliphatic carbocycles. The molecule has 0 spiro atoms. The molecule has 0 unspecified atom stereocenters. The Balaban J connectivity index is 1.89. The van der Waals surface area contributed by atoms with Gasteiger partial charge >= 0.3 is 0 Å². The molecule has 0 aromatic carbocycles. The molecule has 0 saturated heterocycles. The summed E-state index contributed by atoms with van der Waals surface area (Å²) in [6.07, 6.45) is 13.6. The van der Waals surface area contributed by atoms with Gasteiger partial charge < -0.3 is 0 Å². The summed E-state index contributed by atoms with van der Waals surface area (Å²) in [6, 6.07) is 6.17. The van der Waals surface area contributed by atoms with Crippen LogP contribution in [-0.2, 0) is 6.42 Å². The summed E-state index contributed by atoms with van der Waals surface area (Å²) in [5, 5.41) is 0. The van der Waals surface area contributed by atoms with Gasteiger partial charge in [0.05, 0.1) is 0 Å². The molecule has 1 heterocycles. The van der Waals surface area contributed by atoms with Crippen molar-refractivity contribution in [2.24, 2.45) is 0 Å². The largest absolute Gasteiger partial charge is 0.261 e. The second-order valence-corrected chi connectivity index (χ2v) is 4.40. The maximum atomic E-state index is 4.33. The van der Waals surface area contributed by atoms with Gasteiger partial charge in [-0.25, -0.2) is 0 Å². The van der Waals surface area contributed by atoms with Gasteiger partial charge in [-0.2, -0.15) is 0 Å². The molecule has 0 amide bonds. The van der Waals surface area contributed by atoms with E-state index in [4.69, 9.17) is 0 Å². The number of nitrogens with zero attached hydrogens (tertiary/aromatic N) is 1. The lowest BCUT2D eigenvalue weighted by atomic mass is 10.1. The molecule has 0 atom stereocenters. The Kier molecular flexibility index (Phi) is 7.75. The zero-order chi connectivity index (χ0) is 11.5. The van der Waals surface area contributed by atoms with E-state index in [0.29, 0.717) is 0 Å². The highest BCUT2D eigenvalue weighted by Gasteiger charge is 1.94. The van der Waals surface area contributed by atoms with Crippen LogP contribution in [0.4, 0.5) is 0 Å². The van der Waals surface area contributed by atoms with Crippen molar-refractivity contribution in [2.45, 2.75) is 57.8 Å². The van der Waals surface area contributed by atoms with E-state index in [9.17, 15) is 0 Å². The van der Waals surface area contributed by atoms with Crippen LogP contribution in [0.3, 0.4) is 0 Å². The lowest BCUT2D eigenvalue weighted by Crippen LogP contribution is -1.89. The minimum Gasteiger partial charge on any atom is -0.261 e. The minimum atomic E-state index is 1.10. The quantitative estimate of drug-likeness (QED) is 0.553. The van der Waals surface area contributed by atoms with E-state index >= 15 is 0 Å². The van der Waals surface area contributed by atoms with Crippen molar-refractivity contribution in [1.82, 2.24) is 4.98 Å². The van der Waals surface area contributed by atoms with Crippen molar-refractivity contribution in [3.63, 3.8) is 0 Å². The van der Waals surface area contributed by atoms with Gasteiger partial charge in [0.2, 0.25) is 0 Å². The number of pyridine rings is 1. The summed E-state index contributed by atoms with van der Waals surface area (Å²) >= 11 is 0. The van der Waals surface area contributed by atoms with Crippen LogP contribution in [0.15, 0.2) is 24.4 Å². The molecule has 16 heavy (non-hydrogen) atoms. The molecule has 0 aliphatic heterocycles. The Morgan fingerprint density at radius 2 is 1.56 bits per heavy atom. The molecule has 1 radical (unpaired) electrons. The molecule has 1 heteroatoms. The maximum Gasteiger partial charge on any atom is 0.0403 e. The molecule has 0 saturated carbocycles. The van der Waals surface area contributed by atoms with Gasteiger partial charge in [0.15, 0.2) is 0 Å². The van der Waals surface area contributed by atoms with Crippen LogP contribution < -0.4 is 0 Å². The van der Waals surface area contributed by atoms with Gasteiger partial charge in [0, 0.05) is 11.9 Å². The number of hydrogen-bond acceptors (Lipinski definition) is 1. The second-order valence-electron chi connectivity index (χ2n) is 4.40. The van der Waals surface area contributed by atoms with Gasteiger partial charge in [-0.3, -0.25) is 4.98 Å². The first-order chi connectivity index (χ1) is 7.93. The minimum absolute atomic E-state index is 1.10. The fraction of sp³-hybridized carbons (Fsp3) is 0.600. The maximum absolute atomic E-state index is 4.33. The predicted octanol–water partition coefficient (Wildman–Crippen LogP) is 4.58. The SMILES string of the molecule is [CH2]CCCCCCCCCc1ccccn1. The van der Waals surface area contributed by atoms with Gasteiger partial charge in [-0.1, -0.05) is 57.9 Å². The molecular formula is C15H24N. The summed E-state index contributed by atoms with van der Waals surface area (Å²) in [4.78, 5) is 4.33. The molecule has 0 N–H and O–H groups in total. The standard InChI is InChI=1S/C15H24N/c1-2-3-4-5-6-7-8-9-12-15-13-10-11-14-16-15/h10-11,13-14H,1-9,12H2. The number of aromatic nitrogens is 1. The van der Waals surface area contributed by atoms with E-state index < -0.39 is 0 Å². The predicted molar refractivity (Wildman–Crippen MR) is 70.2 cm³/mol. The molecule has 0 aliphatic rings. The van der Waals surface area contributed by atoms with Crippen LogP contribution >= 0.6 is 0 Å². The van der Waals surface area contributed by atoms with E-state index in [1.54, 1.807) is 0 Å².